The number of hydrogen-bond donors (Lipinski definition) is 0. The van der Waals surface area contributed by atoms with Gasteiger partial charge in [-0.15, -0.1) is 45.3 Å². The number of rotatable bonds is 11. The van der Waals surface area contributed by atoms with Crippen molar-refractivity contribution in [1.82, 2.24) is 0 Å². The maximum atomic E-state index is 2.48. The quantitative estimate of drug-likeness (QED) is 0.141. The lowest BCUT2D eigenvalue weighted by molar-refractivity contribution is 0.576. The summed E-state index contributed by atoms with van der Waals surface area (Å²) in [6.45, 7) is 6.92. The molecule has 4 aromatic heterocycles. The van der Waals surface area contributed by atoms with Crippen LogP contribution in [0.15, 0.2) is 36.4 Å². The molecule has 0 unspecified atom stereocenters. The predicted octanol–water partition coefficient (Wildman–Crippen LogP) is 12.6. The average Bonchev–Trinajstić information content (AvgIpc) is 3.58. The highest BCUT2D eigenvalue weighted by molar-refractivity contribution is 7.37. The van der Waals surface area contributed by atoms with E-state index >= 15 is 0 Å². The van der Waals surface area contributed by atoms with Crippen molar-refractivity contribution >= 4 is 95.1 Å². The Bertz CT molecular complexity index is 1630. The van der Waals surface area contributed by atoms with E-state index in [4.69, 9.17) is 0 Å². The molecule has 0 N–H and O–H groups in total. The van der Waals surface area contributed by atoms with Crippen molar-refractivity contribution in [3.8, 4) is 0 Å². The first-order valence-electron chi connectivity index (χ1n) is 13.8. The van der Waals surface area contributed by atoms with Crippen LogP contribution in [0.1, 0.15) is 81.9 Å². The summed E-state index contributed by atoms with van der Waals surface area (Å²) in [6.07, 6.45) is 13.6. The Labute approximate surface area is 231 Å². The number of aryl methyl sites for hydroxylation is 1. The van der Waals surface area contributed by atoms with Crippen molar-refractivity contribution in [2.24, 2.45) is 5.92 Å². The third kappa shape index (κ3) is 4.99. The SMILES string of the molecule is CCCCCCCCCCc1cc2cc3c(cc2s1)sc1c2cc4cc(CC(C)C)sc4cc2sc31. The summed E-state index contributed by atoms with van der Waals surface area (Å²) >= 11 is 8.01. The van der Waals surface area contributed by atoms with Crippen LogP contribution in [-0.2, 0) is 12.8 Å². The predicted molar refractivity (Wildman–Crippen MR) is 170 cm³/mol. The van der Waals surface area contributed by atoms with E-state index in [1.165, 1.54) is 119 Å². The van der Waals surface area contributed by atoms with Crippen molar-refractivity contribution in [2.75, 3.05) is 0 Å². The van der Waals surface area contributed by atoms with Gasteiger partial charge in [0.2, 0.25) is 0 Å². The zero-order chi connectivity index (χ0) is 24.6. The molecule has 36 heavy (non-hydrogen) atoms. The third-order valence-corrected chi connectivity index (χ3v) is 12.1. The zero-order valence-electron chi connectivity index (χ0n) is 21.7. The minimum atomic E-state index is 0.711. The molecule has 0 aliphatic carbocycles. The van der Waals surface area contributed by atoms with Crippen molar-refractivity contribution in [3.05, 3.63) is 46.2 Å². The highest BCUT2D eigenvalue weighted by Gasteiger charge is 2.16. The fourth-order valence-electron chi connectivity index (χ4n) is 5.50. The number of fused-ring (bicyclic) bond motifs is 7. The number of unbranched alkanes of at least 4 members (excludes halogenated alkanes) is 7. The second-order valence-electron chi connectivity index (χ2n) is 10.9. The van der Waals surface area contributed by atoms with Crippen LogP contribution in [0.5, 0.6) is 0 Å². The molecule has 6 aromatic rings. The molecule has 0 amide bonds. The highest BCUT2D eigenvalue weighted by atomic mass is 32.1. The van der Waals surface area contributed by atoms with Gasteiger partial charge >= 0.3 is 0 Å². The maximum absolute atomic E-state index is 2.48. The summed E-state index contributed by atoms with van der Waals surface area (Å²) in [5.74, 6) is 0.711. The van der Waals surface area contributed by atoms with E-state index in [0.29, 0.717) is 5.92 Å². The smallest absolute Gasteiger partial charge is 0.0542 e. The van der Waals surface area contributed by atoms with Crippen molar-refractivity contribution in [3.63, 3.8) is 0 Å². The minimum Gasteiger partial charge on any atom is -0.140 e. The molecule has 0 aliphatic rings. The summed E-state index contributed by atoms with van der Waals surface area (Å²) < 4.78 is 8.79. The van der Waals surface area contributed by atoms with E-state index in [2.05, 4.69) is 57.2 Å². The second kappa shape index (κ2) is 10.7. The Morgan fingerprint density at radius 1 is 0.556 bits per heavy atom. The van der Waals surface area contributed by atoms with Gasteiger partial charge in [0.15, 0.2) is 0 Å². The van der Waals surface area contributed by atoms with E-state index in [1.54, 1.807) is 4.88 Å². The summed E-state index contributed by atoms with van der Waals surface area (Å²) in [5.41, 5.74) is 0. The van der Waals surface area contributed by atoms with Crippen LogP contribution in [0.4, 0.5) is 0 Å². The molecule has 188 valence electrons. The molecule has 0 spiro atoms. The van der Waals surface area contributed by atoms with Crippen molar-refractivity contribution in [1.29, 1.82) is 0 Å². The largest absolute Gasteiger partial charge is 0.140 e. The van der Waals surface area contributed by atoms with Crippen LogP contribution in [-0.4, -0.2) is 0 Å². The van der Waals surface area contributed by atoms with Crippen LogP contribution in [0.25, 0.3) is 49.7 Å². The molecule has 0 aliphatic heterocycles. The number of benzene rings is 2. The number of hydrogen-bond acceptors (Lipinski definition) is 4. The zero-order valence-corrected chi connectivity index (χ0v) is 25.0. The third-order valence-electron chi connectivity index (χ3n) is 7.34. The van der Waals surface area contributed by atoms with Crippen molar-refractivity contribution < 1.29 is 0 Å². The van der Waals surface area contributed by atoms with E-state index in [1.807, 2.05) is 45.3 Å². The first-order chi connectivity index (χ1) is 17.6. The van der Waals surface area contributed by atoms with Gasteiger partial charge in [0.1, 0.15) is 0 Å². The van der Waals surface area contributed by atoms with Crippen molar-refractivity contribution in [2.45, 2.75) is 85.0 Å². The maximum Gasteiger partial charge on any atom is 0.0542 e. The van der Waals surface area contributed by atoms with E-state index in [0.717, 1.165) is 0 Å². The van der Waals surface area contributed by atoms with Gasteiger partial charge in [-0.25, -0.2) is 0 Å². The molecule has 0 atom stereocenters. The van der Waals surface area contributed by atoms with Gasteiger partial charge in [-0.3, -0.25) is 0 Å². The Kier molecular flexibility index (Phi) is 7.41. The molecule has 0 fully saturated rings. The lowest BCUT2D eigenvalue weighted by Crippen LogP contribution is -1.89. The summed E-state index contributed by atoms with van der Waals surface area (Å²) in [5, 5.41) is 5.78. The molecular weight excluding hydrogens is 513 g/mol. The fraction of sp³-hybridized carbons (Fsp3) is 0.438. The van der Waals surface area contributed by atoms with Crippen LogP contribution in [0.3, 0.4) is 0 Å². The molecule has 0 saturated heterocycles. The van der Waals surface area contributed by atoms with Crippen LogP contribution in [0.2, 0.25) is 0 Å². The molecule has 6 rings (SSSR count). The molecular formula is C32H36S4. The topological polar surface area (TPSA) is 0 Å². The fourth-order valence-corrected chi connectivity index (χ4v) is 10.7. The lowest BCUT2D eigenvalue weighted by Gasteiger charge is -2.00. The molecule has 0 nitrogen and oxygen atoms in total. The summed E-state index contributed by atoms with van der Waals surface area (Å²) in [7, 11) is 0. The molecule has 2 aromatic carbocycles. The van der Waals surface area contributed by atoms with Gasteiger partial charge in [0.05, 0.1) is 9.40 Å². The Morgan fingerprint density at radius 2 is 1.08 bits per heavy atom. The van der Waals surface area contributed by atoms with Crippen LogP contribution < -0.4 is 0 Å². The number of thiophene rings is 4. The van der Waals surface area contributed by atoms with E-state index < -0.39 is 0 Å². The van der Waals surface area contributed by atoms with E-state index in [9.17, 15) is 0 Å². The second-order valence-corrected chi connectivity index (χ2v) is 15.3. The van der Waals surface area contributed by atoms with Gasteiger partial charge in [-0.2, -0.15) is 0 Å². The summed E-state index contributed by atoms with van der Waals surface area (Å²) in [4.78, 5) is 3.09. The van der Waals surface area contributed by atoms with Gasteiger partial charge in [-0.1, -0.05) is 65.7 Å². The lowest BCUT2D eigenvalue weighted by atomic mass is 10.1. The first-order valence-corrected chi connectivity index (χ1v) is 17.1. The monoisotopic (exact) mass is 548 g/mol. The molecule has 4 heterocycles. The van der Waals surface area contributed by atoms with Gasteiger partial charge < -0.3 is 0 Å². The molecule has 0 radical (unpaired) electrons. The normalized spacial score (nSPS) is 12.6. The first kappa shape index (κ1) is 24.9. The van der Waals surface area contributed by atoms with Gasteiger partial charge in [0.25, 0.3) is 0 Å². The Balaban J connectivity index is 1.23. The van der Waals surface area contributed by atoms with Gasteiger partial charge in [0, 0.05) is 39.3 Å². The highest BCUT2D eigenvalue weighted by Crippen LogP contribution is 2.47. The Hall–Kier alpha value is -1.46. The van der Waals surface area contributed by atoms with Crippen LogP contribution >= 0.6 is 45.3 Å². The standard InChI is InChI=1S/C32H36S4/c1-4-5-6-7-8-9-10-11-12-23-14-21-16-25-29(18-27(21)33-23)35-32-26-17-22-15-24(13-20(2)3)34-28(22)19-30(26)36-31(25)32/h14-20H,4-13H2,1-3H3. The van der Waals surface area contributed by atoms with Gasteiger partial charge in [-0.05, 0) is 72.4 Å². The minimum absolute atomic E-state index is 0.711. The Morgan fingerprint density at radius 3 is 1.67 bits per heavy atom. The molecule has 4 heteroatoms. The van der Waals surface area contributed by atoms with E-state index in [-0.39, 0.29) is 0 Å². The molecule has 0 bridgehead atoms. The summed E-state index contributed by atoms with van der Waals surface area (Å²) in [6, 6.07) is 14.8. The molecule has 0 saturated carbocycles. The van der Waals surface area contributed by atoms with Crippen LogP contribution in [0, 0.1) is 5.92 Å². The average molecular weight is 549 g/mol.